The Labute approximate surface area is 540 Å². The van der Waals surface area contributed by atoms with Crippen LogP contribution in [0.5, 0.6) is 0 Å². The summed E-state index contributed by atoms with van der Waals surface area (Å²) in [6.45, 7) is 5.01. The summed E-state index contributed by atoms with van der Waals surface area (Å²) in [4.78, 5) is 24.6. The number of rotatable bonds is 77. The van der Waals surface area contributed by atoms with Crippen molar-refractivity contribution >= 4 is 11.9 Å². The molecule has 2 unspecified atom stereocenters. The number of hydrogen-bond donors (Lipinski definition) is 3. The second kappa shape index (κ2) is 76.3. The summed E-state index contributed by atoms with van der Waals surface area (Å²) < 4.78 is 5.50. The van der Waals surface area contributed by atoms with Gasteiger partial charge in [0.25, 0.3) is 0 Å². The van der Waals surface area contributed by atoms with Crippen molar-refractivity contribution in [3.8, 4) is 0 Å². The molecule has 0 fully saturated rings. The highest BCUT2D eigenvalue weighted by atomic mass is 16.5. The van der Waals surface area contributed by atoms with Crippen LogP contribution in [0.1, 0.15) is 476 Å². The maximum Gasteiger partial charge on any atom is 0.305 e. The van der Waals surface area contributed by atoms with Crippen LogP contribution in [0.25, 0.3) is 0 Å². The highest BCUT2D eigenvalue weighted by molar-refractivity contribution is 5.76. The number of ether oxygens (including phenoxy) is 1. The molecular weight excluding hydrogens is 1050 g/mol. The Morgan fingerprint density at radius 3 is 0.709 bits per heavy atom. The molecule has 6 heteroatoms. The number of nitrogens with one attached hydrogen (secondary N) is 1. The molecule has 2 atom stereocenters. The third kappa shape index (κ3) is 71.9. The number of amides is 1. The van der Waals surface area contributed by atoms with Crippen molar-refractivity contribution in [2.75, 3.05) is 13.2 Å². The van der Waals surface area contributed by atoms with Gasteiger partial charge in [-0.15, -0.1) is 0 Å². The van der Waals surface area contributed by atoms with E-state index in [1.54, 1.807) is 0 Å². The monoisotopic (exact) mass is 1210 g/mol. The highest BCUT2D eigenvalue weighted by Crippen LogP contribution is 2.21. The van der Waals surface area contributed by atoms with Gasteiger partial charge in [0.05, 0.1) is 25.4 Å². The van der Waals surface area contributed by atoms with Crippen molar-refractivity contribution in [1.29, 1.82) is 0 Å². The van der Waals surface area contributed by atoms with Crippen molar-refractivity contribution in [2.45, 2.75) is 488 Å². The predicted octanol–water partition coefficient (Wildman–Crippen LogP) is 26.5. The molecule has 0 spiro atoms. The van der Waals surface area contributed by atoms with Gasteiger partial charge in [-0.2, -0.15) is 0 Å². The molecule has 86 heavy (non-hydrogen) atoms. The number of aliphatic hydroxyl groups excluding tert-OH is 2. The molecule has 0 rings (SSSR count). The van der Waals surface area contributed by atoms with E-state index in [2.05, 4.69) is 19.2 Å². The second-order valence-corrected chi connectivity index (χ2v) is 28.1. The Bertz CT molecular complexity index is 1260. The van der Waals surface area contributed by atoms with Gasteiger partial charge in [0.1, 0.15) is 0 Å². The van der Waals surface area contributed by atoms with E-state index in [4.69, 9.17) is 4.74 Å². The van der Waals surface area contributed by atoms with Gasteiger partial charge in [0.15, 0.2) is 0 Å². The van der Waals surface area contributed by atoms with Crippen LogP contribution in [0.4, 0.5) is 0 Å². The minimum absolute atomic E-state index is 0.0241. The van der Waals surface area contributed by atoms with Crippen LogP contribution >= 0.6 is 0 Å². The molecule has 0 aromatic rings. The van der Waals surface area contributed by atoms with Crippen molar-refractivity contribution < 1.29 is 24.5 Å². The maximum absolute atomic E-state index is 12.5. The van der Waals surface area contributed by atoms with E-state index in [-0.39, 0.29) is 18.5 Å². The van der Waals surface area contributed by atoms with E-state index in [0.717, 1.165) is 38.5 Å². The lowest BCUT2D eigenvalue weighted by Gasteiger charge is -2.22. The molecule has 0 heterocycles. The quantitative estimate of drug-likeness (QED) is 0.0417. The zero-order valence-corrected chi connectivity index (χ0v) is 59.1. The summed E-state index contributed by atoms with van der Waals surface area (Å²) in [5.41, 5.74) is 0. The summed E-state index contributed by atoms with van der Waals surface area (Å²) in [5.74, 6) is 0.00351. The van der Waals surface area contributed by atoms with Crippen LogP contribution in [0, 0.1) is 0 Å². The van der Waals surface area contributed by atoms with Crippen LogP contribution in [-0.4, -0.2) is 47.4 Å². The molecule has 1 amide bonds. The lowest BCUT2D eigenvalue weighted by Crippen LogP contribution is -2.45. The summed E-state index contributed by atoms with van der Waals surface area (Å²) in [6, 6.07) is -0.536. The normalized spacial score (nSPS) is 12.4. The first-order chi connectivity index (χ1) is 42.5. The predicted molar refractivity (Wildman–Crippen MR) is 380 cm³/mol. The first-order valence-corrected chi connectivity index (χ1v) is 40.3. The number of aliphatic hydroxyl groups is 2. The lowest BCUT2D eigenvalue weighted by atomic mass is 10.0. The van der Waals surface area contributed by atoms with Crippen molar-refractivity contribution in [3.63, 3.8) is 0 Å². The molecule has 0 aliphatic carbocycles. The van der Waals surface area contributed by atoms with E-state index in [9.17, 15) is 19.8 Å². The van der Waals surface area contributed by atoms with Gasteiger partial charge in [-0.25, -0.2) is 0 Å². The minimum atomic E-state index is -0.659. The summed E-state index contributed by atoms with van der Waals surface area (Å²) in [6.07, 6.45) is 95.0. The standard InChI is InChI=1S/C80H159NO5/c1-3-5-7-9-11-13-15-17-19-45-48-52-56-60-64-68-72-78(83)77(76-82)81-79(84)73-69-65-61-57-53-49-46-43-41-39-37-35-33-31-29-27-25-23-21-20-22-24-26-28-30-32-34-36-38-40-42-44-47-51-55-59-63-67-71-75-86-80(85)74-70-66-62-58-54-50-18-16-14-12-10-8-6-4-2/h77-78,82-83H,3-76H2,1-2H3,(H,81,84). The largest absolute Gasteiger partial charge is 0.466 e. The Morgan fingerprint density at radius 2 is 0.477 bits per heavy atom. The smallest absolute Gasteiger partial charge is 0.305 e. The van der Waals surface area contributed by atoms with Crippen molar-refractivity contribution in [3.05, 3.63) is 0 Å². The van der Waals surface area contributed by atoms with Gasteiger partial charge >= 0.3 is 5.97 Å². The molecule has 0 bridgehead atoms. The van der Waals surface area contributed by atoms with Gasteiger partial charge in [-0.1, -0.05) is 438 Å². The van der Waals surface area contributed by atoms with Gasteiger partial charge < -0.3 is 20.3 Å². The first-order valence-electron chi connectivity index (χ1n) is 40.3. The number of unbranched alkanes of at least 4 members (excludes halogenated alkanes) is 66. The number of esters is 1. The maximum atomic E-state index is 12.5. The zero-order chi connectivity index (χ0) is 62.0. The Morgan fingerprint density at radius 1 is 0.279 bits per heavy atom. The van der Waals surface area contributed by atoms with Gasteiger partial charge in [0, 0.05) is 12.8 Å². The van der Waals surface area contributed by atoms with E-state index in [0.29, 0.717) is 25.9 Å². The minimum Gasteiger partial charge on any atom is -0.466 e. The Kier molecular flexibility index (Phi) is 75.3. The molecule has 0 aliphatic rings. The summed E-state index contributed by atoms with van der Waals surface area (Å²) >= 11 is 0. The summed E-state index contributed by atoms with van der Waals surface area (Å²) in [5, 5.41) is 23.4. The van der Waals surface area contributed by atoms with Gasteiger partial charge in [-0.3, -0.25) is 9.59 Å². The molecular formula is C80H159NO5. The van der Waals surface area contributed by atoms with E-state index >= 15 is 0 Å². The van der Waals surface area contributed by atoms with Crippen LogP contribution in [0.15, 0.2) is 0 Å². The molecule has 6 nitrogen and oxygen atoms in total. The molecule has 0 radical (unpaired) electrons. The van der Waals surface area contributed by atoms with Crippen LogP contribution < -0.4 is 5.32 Å². The highest BCUT2D eigenvalue weighted by Gasteiger charge is 2.20. The zero-order valence-electron chi connectivity index (χ0n) is 59.1. The number of carbonyl (C=O) groups excluding carboxylic acids is 2. The average molecular weight is 1220 g/mol. The van der Waals surface area contributed by atoms with Crippen molar-refractivity contribution in [1.82, 2.24) is 5.32 Å². The molecule has 0 aliphatic heterocycles. The third-order valence-electron chi connectivity index (χ3n) is 19.4. The number of carbonyl (C=O) groups is 2. The van der Waals surface area contributed by atoms with Crippen LogP contribution in [0.3, 0.4) is 0 Å². The molecule has 0 saturated carbocycles. The average Bonchev–Trinajstić information content (AvgIpc) is 3.58. The van der Waals surface area contributed by atoms with Crippen LogP contribution in [0.2, 0.25) is 0 Å². The molecule has 0 saturated heterocycles. The van der Waals surface area contributed by atoms with E-state index in [1.807, 2.05) is 0 Å². The van der Waals surface area contributed by atoms with Crippen molar-refractivity contribution in [2.24, 2.45) is 0 Å². The molecule has 3 N–H and O–H groups in total. The van der Waals surface area contributed by atoms with Gasteiger partial charge in [-0.05, 0) is 25.7 Å². The SMILES string of the molecule is CCCCCCCCCCCCCCCCCCC(O)C(CO)NC(=O)CCCCCCCCCCCCCCCCCCCCCCCCCCCCCCCCCCCCCCCCCOC(=O)CCCCCCCCCCCCCCCC. The first kappa shape index (κ1) is 84.9. The van der Waals surface area contributed by atoms with E-state index in [1.165, 1.54) is 405 Å². The van der Waals surface area contributed by atoms with Crippen LogP contribution in [-0.2, 0) is 14.3 Å². The fourth-order valence-corrected chi connectivity index (χ4v) is 13.3. The Balaban J connectivity index is 3.27. The lowest BCUT2D eigenvalue weighted by molar-refractivity contribution is -0.143. The Hall–Kier alpha value is -1.14. The fourth-order valence-electron chi connectivity index (χ4n) is 13.3. The number of hydrogen-bond acceptors (Lipinski definition) is 5. The molecule has 514 valence electrons. The van der Waals surface area contributed by atoms with E-state index < -0.39 is 12.1 Å². The third-order valence-corrected chi connectivity index (χ3v) is 19.4. The van der Waals surface area contributed by atoms with Gasteiger partial charge in [0.2, 0.25) is 5.91 Å². The molecule has 0 aromatic heterocycles. The molecule has 0 aromatic carbocycles. The topological polar surface area (TPSA) is 95.9 Å². The summed E-state index contributed by atoms with van der Waals surface area (Å²) in [7, 11) is 0. The second-order valence-electron chi connectivity index (χ2n) is 28.1. The fraction of sp³-hybridized carbons (Fsp3) is 0.975.